The van der Waals surface area contributed by atoms with Crippen LogP contribution < -0.4 is 0 Å². The van der Waals surface area contributed by atoms with Crippen LogP contribution in [0.4, 0.5) is 0 Å². The number of likely N-dealkylation sites (N-methyl/N-ethyl adjacent to an activating group) is 1. The molecule has 8 heteroatoms. The van der Waals surface area contributed by atoms with E-state index in [4.69, 9.17) is 0 Å². The van der Waals surface area contributed by atoms with Crippen LogP contribution in [-0.2, 0) is 23.9 Å². The second kappa shape index (κ2) is 8.91. The molecule has 0 unspecified atom stereocenters. The Labute approximate surface area is 121 Å². The van der Waals surface area contributed by atoms with Crippen LogP contribution >= 0.6 is 0 Å². The van der Waals surface area contributed by atoms with Gasteiger partial charge in [-0.3, -0.25) is 13.8 Å². The maximum absolute atomic E-state index is 11.7. The van der Waals surface area contributed by atoms with Gasteiger partial charge in [-0.15, -0.1) is 0 Å². The SMILES string of the molecule is CCC(=O)N(C)CCN(CCOS(C)(=O)=O)C(=O)CC. The zero-order valence-corrected chi connectivity index (χ0v) is 13.4. The normalized spacial score (nSPS) is 11.2. The Bertz CT molecular complexity index is 422. The van der Waals surface area contributed by atoms with Gasteiger partial charge in [0, 0.05) is 39.5 Å². The summed E-state index contributed by atoms with van der Waals surface area (Å²) in [5.74, 6) is -0.0965. The number of rotatable bonds is 9. The van der Waals surface area contributed by atoms with Gasteiger partial charge in [0.1, 0.15) is 0 Å². The Balaban J connectivity index is 4.36. The van der Waals surface area contributed by atoms with E-state index in [0.717, 1.165) is 6.26 Å². The van der Waals surface area contributed by atoms with E-state index in [-0.39, 0.29) is 25.0 Å². The van der Waals surface area contributed by atoms with Crippen LogP contribution in [-0.4, -0.2) is 69.6 Å². The minimum absolute atomic E-state index is 0.00119. The van der Waals surface area contributed by atoms with E-state index in [0.29, 0.717) is 25.9 Å². The molecule has 0 saturated heterocycles. The summed E-state index contributed by atoms with van der Waals surface area (Å²) in [5, 5.41) is 0. The highest BCUT2D eigenvalue weighted by atomic mass is 32.2. The molecule has 0 atom stereocenters. The Morgan fingerprint density at radius 2 is 1.55 bits per heavy atom. The molecule has 0 heterocycles. The van der Waals surface area contributed by atoms with Crippen molar-refractivity contribution in [3.8, 4) is 0 Å². The van der Waals surface area contributed by atoms with Crippen LogP contribution in [0.25, 0.3) is 0 Å². The molecule has 0 rings (SSSR count). The van der Waals surface area contributed by atoms with E-state index in [1.165, 1.54) is 4.90 Å². The lowest BCUT2D eigenvalue weighted by Gasteiger charge is -2.25. The largest absolute Gasteiger partial charge is 0.344 e. The van der Waals surface area contributed by atoms with Gasteiger partial charge in [-0.1, -0.05) is 13.8 Å². The zero-order chi connectivity index (χ0) is 15.8. The fraction of sp³-hybridized carbons (Fsp3) is 0.833. The predicted molar refractivity (Wildman–Crippen MR) is 75.6 cm³/mol. The van der Waals surface area contributed by atoms with Crippen molar-refractivity contribution in [3.63, 3.8) is 0 Å². The number of carbonyl (C=O) groups is 2. The molecule has 0 N–H and O–H groups in total. The molecule has 0 spiro atoms. The van der Waals surface area contributed by atoms with Crippen molar-refractivity contribution in [1.29, 1.82) is 0 Å². The molecule has 2 amide bonds. The summed E-state index contributed by atoms with van der Waals surface area (Å²) in [7, 11) is -1.83. The molecule has 7 nitrogen and oxygen atoms in total. The summed E-state index contributed by atoms with van der Waals surface area (Å²) >= 11 is 0. The summed E-state index contributed by atoms with van der Waals surface area (Å²) < 4.78 is 26.4. The first-order valence-corrected chi connectivity index (χ1v) is 8.39. The van der Waals surface area contributed by atoms with E-state index in [1.54, 1.807) is 25.8 Å². The summed E-state index contributed by atoms with van der Waals surface area (Å²) in [4.78, 5) is 26.2. The molecule has 20 heavy (non-hydrogen) atoms. The van der Waals surface area contributed by atoms with Gasteiger partial charge in [0.2, 0.25) is 11.8 Å². The van der Waals surface area contributed by atoms with Gasteiger partial charge in [0.15, 0.2) is 0 Å². The minimum atomic E-state index is -3.50. The molecular weight excluding hydrogens is 284 g/mol. The molecule has 118 valence electrons. The van der Waals surface area contributed by atoms with Crippen LogP contribution in [0.3, 0.4) is 0 Å². The first kappa shape index (κ1) is 18.9. The smallest absolute Gasteiger partial charge is 0.264 e. The average molecular weight is 308 g/mol. The second-order valence-corrected chi connectivity index (χ2v) is 6.07. The van der Waals surface area contributed by atoms with Crippen LogP contribution in [0.2, 0.25) is 0 Å². The van der Waals surface area contributed by atoms with Crippen molar-refractivity contribution in [2.24, 2.45) is 0 Å². The van der Waals surface area contributed by atoms with Crippen molar-refractivity contribution in [2.75, 3.05) is 39.5 Å². The number of hydrogen-bond donors (Lipinski definition) is 0. The number of hydrogen-bond acceptors (Lipinski definition) is 5. The van der Waals surface area contributed by atoms with Gasteiger partial charge >= 0.3 is 0 Å². The van der Waals surface area contributed by atoms with Crippen molar-refractivity contribution in [3.05, 3.63) is 0 Å². The topological polar surface area (TPSA) is 84.0 Å². The number of carbonyl (C=O) groups excluding carboxylic acids is 2. The number of nitrogens with zero attached hydrogens (tertiary/aromatic N) is 2. The molecule has 0 aromatic carbocycles. The third-order valence-electron chi connectivity index (χ3n) is 2.75. The van der Waals surface area contributed by atoms with Crippen molar-refractivity contribution in [1.82, 2.24) is 9.80 Å². The monoisotopic (exact) mass is 308 g/mol. The van der Waals surface area contributed by atoms with Gasteiger partial charge in [0.25, 0.3) is 10.1 Å². The van der Waals surface area contributed by atoms with Gasteiger partial charge in [-0.25, -0.2) is 0 Å². The van der Waals surface area contributed by atoms with E-state index in [1.807, 2.05) is 0 Å². The zero-order valence-electron chi connectivity index (χ0n) is 12.6. The van der Waals surface area contributed by atoms with Gasteiger partial charge < -0.3 is 9.80 Å². The molecule has 0 bridgehead atoms. The van der Waals surface area contributed by atoms with Crippen LogP contribution in [0.1, 0.15) is 26.7 Å². The van der Waals surface area contributed by atoms with Crippen molar-refractivity contribution in [2.45, 2.75) is 26.7 Å². The maximum atomic E-state index is 11.7. The first-order chi connectivity index (χ1) is 9.21. The van der Waals surface area contributed by atoms with E-state index in [9.17, 15) is 18.0 Å². The molecule has 0 aliphatic heterocycles. The summed E-state index contributed by atoms with van der Waals surface area (Å²) in [6, 6.07) is 0. The fourth-order valence-electron chi connectivity index (χ4n) is 1.55. The highest BCUT2D eigenvalue weighted by molar-refractivity contribution is 7.85. The maximum Gasteiger partial charge on any atom is 0.264 e. The standard InChI is InChI=1S/C12H24N2O5S/c1-5-11(15)13(3)7-8-14(12(16)6-2)9-10-19-20(4,17)18/h5-10H2,1-4H3. The molecule has 0 saturated carbocycles. The lowest BCUT2D eigenvalue weighted by molar-refractivity contribution is -0.134. The van der Waals surface area contributed by atoms with Crippen molar-refractivity contribution < 1.29 is 22.2 Å². The Hall–Kier alpha value is -1.15. The van der Waals surface area contributed by atoms with Crippen molar-refractivity contribution >= 4 is 21.9 Å². The fourth-order valence-corrected chi connectivity index (χ4v) is 1.93. The van der Waals surface area contributed by atoms with E-state index < -0.39 is 10.1 Å². The van der Waals surface area contributed by atoms with Crippen LogP contribution in [0, 0.1) is 0 Å². The average Bonchev–Trinajstić information content (AvgIpc) is 2.38. The third kappa shape index (κ3) is 8.11. The highest BCUT2D eigenvalue weighted by Crippen LogP contribution is 1.98. The molecule has 0 aliphatic carbocycles. The summed E-state index contributed by atoms with van der Waals surface area (Å²) in [5.41, 5.74) is 0. The Morgan fingerprint density at radius 1 is 1.00 bits per heavy atom. The predicted octanol–water partition coefficient (Wildman–Crippen LogP) is 0.0696. The Morgan fingerprint density at radius 3 is 2.00 bits per heavy atom. The van der Waals surface area contributed by atoms with E-state index >= 15 is 0 Å². The summed E-state index contributed by atoms with van der Waals surface area (Å²) in [6.07, 6.45) is 1.70. The second-order valence-electron chi connectivity index (χ2n) is 4.43. The molecule has 0 fully saturated rings. The van der Waals surface area contributed by atoms with Gasteiger partial charge in [0.05, 0.1) is 12.9 Å². The molecular formula is C12H24N2O5S. The van der Waals surface area contributed by atoms with E-state index in [2.05, 4.69) is 4.18 Å². The van der Waals surface area contributed by atoms with Gasteiger partial charge in [-0.05, 0) is 0 Å². The van der Waals surface area contributed by atoms with Crippen LogP contribution in [0.5, 0.6) is 0 Å². The summed E-state index contributed by atoms with van der Waals surface area (Å²) in [6.45, 7) is 4.39. The minimum Gasteiger partial charge on any atom is -0.344 e. The Kier molecular flexibility index (Phi) is 8.40. The third-order valence-corrected chi connectivity index (χ3v) is 3.34. The lowest BCUT2D eigenvalue weighted by Crippen LogP contribution is -2.40. The lowest BCUT2D eigenvalue weighted by atomic mass is 10.3. The van der Waals surface area contributed by atoms with Crippen LogP contribution in [0.15, 0.2) is 0 Å². The quantitative estimate of drug-likeness (QED) is 0.563. The molecule has 0 aromatic rings. The van der Waals surface area contributed by atoms with Gasteiger partial charge in [-0.2, -0.15) is 8.42 Å². The highest BCUT2D eigenvalue weighted by Gasteiger charge is 2.14. The number of amides is 2. The molecule has 0 aliphatic rings. The molecule has 0 aromatic heterocycles. The first-order valence-electron chi connectivity index (χ1n) is 6.57. The molecule has 0 radical (unpaired) electrons.